The van der Waals surface area contributed by atoms with E-state index in [4.69, 9.17) is 20.9 Å². The molecule has 0 radical (unpaired) electrons. The normalized spacial score (nSPS) is 11.6. The number of aromatic nitrogens is 1. The average Bonchev–Trinajstić information content (AvgIpc) is 3.28. The van der Waals surface area contributed by atoms with Gasteiger partial charge in [-0.2, -0.15) is 4.37 Å². The Labute approximate surface area is 224 Å². The maximum atomic E-state index is 14.2. The molecule has 0 saturated heterocycles. The number of nitrogens with two attached hydrogens (primary N) is 2. The van der Waals surface area contributed by atoms with E-state index in [0.717, 1.165) is 0 Å². The van der Waals surface area contributed by atoms with Gasteiger partial charge < -0.3 is 31.4 Å². The van der Waals surface area contributed by atoms with E-state index >= 15 is 0 Å². The number of amides is 3. The molecular formula is C26H31N5O6S. The molecule has 38 heavy (non-hydrogen) atoms. The number of nitrogen functional groups attached to an aromatic ring is 1. The van der Waals surface area contributed by atoms with Crippen LogP contribution >= 0.6 is 11.5 Å². The molecule has 3 aromatic rings. The summed E-state index contributed by atoms with van der Waals surface area (Å²) in [5.41, 5.74) is 11.7. The molecule has 1 atom stereocenters. The monoisotopic (exact) mass is 541 g/mol. The molecule has 0 bridgehead atoms. The Morgan fingerprint density at radius 3 is 2.34 bits per heavy atom. The Balaban J connectivity index is 2.26. The zero-order valence-electron chi connectivity index (χ0n) is 21.6. The maximum absolute atomic E-state index is 14.2. The first kappa shape index (κ1) is 28.3. The van der Waals surface area contributed by atoms with Gasteiger partial charge in [0.15, 0.2) is 5.69 Å². The van der Waals surface area contributed by atoms with Crippen molar-refractivity contribution < 1.29 is 29.0 Å². The third-order valence-electron chi connectivity index (χ3n) is 5.76. The molecule has 1 aromatic heterocycles. The van der Waals surface area contributed by atoms with E-state index in [1.807, 2.05) is 13.8 Å². The molecule has 6 N–H and O–H groups in total. The van der Waals surface area contributed by atoms with Crippen LogP contribution in [0.5, 0.6) is 17.2 Å². The van der Waals surface area contributed by atoms with Crippen LogP contribution in [0.1, 0.15) is 52.0 Å². The van der Waals surface area contributed by atoms with Crippen molar-refractivity contribution >= 4 is 40.6 Å². The summed E-state index contributed by atoms with van der Waals surface area (Å²) < 4.78 is 14.9. The van der Waals surface area contributed by atoms with Crippen molar-refractivity contribution in [3.63, 3.8) is 0 Å². The number of nitrogens with zero attached hydrogens (tertiary/aromatic N) is 2. The van der Waals surface area contributed by atoms with E-state index in [1.165, 1.54) is 31.3 Å². The molecular weight excluding hydrogens is 510 g/mol. The number of carbonyl (C=O) groups excluding carboxylic acids is 3. The van der Waals surface area contributed by atoms with Crippen molar-refractivity contribution in [1.29, 1.82) is 0 Å². The molecule has 1 heterocycles. The molecule has 0 fully saturated rings. The number of aromatic hydroxyl groups is 1. The van der Waals surface area contributed by atoms with Crippen LogP contribution < -0.4 is 31.2 Å². The lowest BCUT2D eigenvalue weighted by Gasteiger charge is -2.32. The molecule has 0 aliphatic heterocycles. The second kappa shape index (κ2) is 12.3. The fourth-order valence-corrected chi connectivity index (χ4v) is 4.49. The minimum atomic E-state index is -1.23. The van der Waals surface area contributed by atoms with Crippen molar-refractivity contribution in [2.75, 3.05) is 31.4 Å². The van der Waals surface area contributed by atoms with Gasteiger partial charge in [-0.1, -0.05) is 26.0 Å². The molecule has 12 heteroatoms. The number of ether oxygens (including phenoxy) is 2. The lowest BCUT2D eigenvalue weighted by atomic mass is 10.0. The van der Waals surface area contributed by atoms with Gasteiger partial charge in [0.25, 0.3) is 11.8 Å². The van der Waals surface area contributed by atoms with Gasteiger partial charge in [-0.05, 0) is 53.7 Å². The van der Waals surface area contributed by atoms with E-state index in [1.54, 1.807) is 30.3 Å². The first-order chi connectivity index (χ1) is 18.1. The van der Waals surface area contributed by atoms with Crippen LogP contribution in [0, 0.1) is 5.92 Å². The number of nitrogens with one attached hydrogen (secondary N) is 1. The van der Waals surface area contributed by atoms with Gasteiger partial charge in [0.2, 0.25) is 5.91 Å². The molecule has 0 unspecified atom stereocenters. The zero-order valence-corrected chi connectivity index (χ0v) is 22.4. The number of rotatable bonds is 11. The smallest absolute Gasteiger partial charge is 0.273 e. The number of phenols is 1. The average molecular weight is 542 g/mol. The first-order valence-electron chi connectivity index (χ1n) is 11.8. The van der Waals surface area contributed by atoms with Gasteiger partial charge in [0.05, 0.1) is 25.6 Å². The van der Waals surface area contributed by atoms with Crippen LogP contribution in [0.2, 0.25) is 0 Å². The zero-order chi connectivity index (χ0) is 28.0. The molecule has 11 nitrogen and oxygen atoms in total. The number of primary amides is 1. The van der Waals surface area contributed by atoms with Gasteiger partial charge in [0, 0.05) is 12.6 Å². The first-order valence-corrected chi connectivity index (χ1v) is 12.5. The summed E-state index contributed by atoms with van der Waals surface area (Å²) in [7, 11) is 2.90. The lowest BCUT2D eigenvalue weighted by Crippen LogP contribution is -2.44. The predicted molar refractivity (Wildman–Crippen MR) is 145 cm³/mol. The second-order valence-corrected chi connectivity index (χ2v) is 9.59. The predicted octanol–water partition coefficient (Wildman–Crippen LogP) is 3.10. The molecule has 0 aliphatic carbocycles. The molecule has 0 aliphatic rings. The Morgan fingerprint density at radius 1 is 1.11 bits per heavy atom. The maximum Gasteiger partial charge on any atom is 0.273 e. The fourth-order valence-electron chi connectivity index (χ4n) is 3.74. The second-order valence-electron chi connectivity index (χ2n) is 8.82. The minimum Gasteiger partial charge on any atom is -0.508 e. The molecule has 0 spiro atoms. The number of anilines is 2. The quantitative estimate of drug-likeness (QED) is 0.287. The van der Waals surface area contributed by atoms with Crippen LogP contribution in [-0.2, 0) is 4.79 Å². The van der Waals surface area contributed by atoms with Crippen molar-refractivity contribution in [1.82, 2.24) is 9.69 Å². The summed E-state index contributed by atoms with van der Waals surface area (Å²) in [6.45, 7) is 4.43. The fraction of sp³-hybridized carbons (Fsp3) is 0.308. The summed E-state index contributed by atoms with van der Waals surface area (Å²) in [5, 5.41) is 12.8. The molecule has 3 rings (SSSR count). The number of carbonyl (C=O) groups is 3. The Bertz CT molecular complexity index is 1310. The van der Waals surface area contributed by atoms with Gasteiger partial charge in [-0.3, -0.25) is 19.3 Å². The van der Waals surface area contributed by atoms with Crippen molar-refractivity contribution in [3.05, 3.63) is 58.6 Å². The molecule has 0 saturated carbocycles. The molecule has 202 valence electrons. The third kappa shape index (κ3) is 6.14. The third-order valence-corrected chi connectivity index (χ3v) is 6.61. The van der Waals surface area contributed by atoms with Crippen molar-refractivity contribution in [3.8, 4) is 17.2 Å². The van der Waals surface area contributed by atoms with Crippen LogP contribution in [0.25, 0.3) is 0 Å². The minimum absolute atomic E-state index is 0.0117. The largest absolute Gasteiger partial charge is 0.508 e. The van der Waals surface area contributed by atoms with Gasteiger partial charge >= 0.3 is 0 Å². The van der Waals surface area contributed by atoms with E-state index in [9.17, 15) is 19.5 Å². The van der Waals surface area contributed by atoms with E-state index in [0.29, 0.717) is 41.7 Å². The van der Waals surface area contributed by atoms with Crippen LogP contribution in [0.4, 0.5) is 11.4 Å². The summed E-state index contributed by atoms with van der Waals surface area (Å²) in [4.78, 5) is 40.9. The molecule has 3 amide bonds. The lowest BCUT2D eigenvalue weighted by molar-refractivity contribution is -0.122. The van der Waals surface area contributed by atoms with E-state index < -0.39 is 23.8 Å². The number of benzene rings is 2. The van der Waals surface area contributed by atoms with E-state index in [2.05, 4.69) is 9.69 Å². The summed E-state index contributed by atoms with van der Waals surface area (Å²) in [6.07, 6.45) is 0.716. The summed E-state index contributed by atoms with van der Waals surface area (Å²) in [5.74, 6) is -1.08. The summed E-state index contributed by atoms with van der Waals surface area (Å²) >= 11 is 0.697. The number of hydrogen-bond acceptors (Lipinski definition) is 9. The van der Waals surface area contributed by atoms with Crippen LogP contribution in [-0.4, -0.2) is 48.0 Å². The van der Waals surface area contributed by atoms with Crippen molar-refractivity contribution in [2.24, 2.45) is 11.7 Å². The van der Waals surface area contributed by atoms with Crippen LogP contribution in [0.15, 0.2) is 42.5 Å². The number of phenolic OH excluding ortho intramolecular Hbond substituents is 1. The van der Waals surface area contributed by atoms with E-state index in [-0.39, 0.29) is 33.4 Å². The van der Waals surface area contributed by atoms with Gasteiger partial charge in [-0.25, -0.2) is 0 Å². The SMILES string of the molecule is COc1ccc(OC)c(N(C(=O)c2snc(C(N)=O)c2N)[C@@H](C(=O)NCCC(C)C)c2ccc(O)cc2)c1. The van der Waals surface area contributed by atoms with Crippen LogP contribution in [0.3, 0.4) is 0 Å². The van der Waals surface area contributed by atoms with Crippen molar-refractivity contribution in [2.45, 2.75) is 26.3 Å². The highest BCUT2D eigenvalue weighted by molar-refractivity contribution is 7.09. The summed E-state index contributed by atoms with van der Waals surface area (Å²) in [6, 6.07) is 9.49. The number of methoxy groups -OCH3 is 2. The standard InChI is InChI=1S/C26H31N5O6S/c1-14(2)11-12-29-25(34)22(15-5-7-16(32)8-6-15)31(18-13-17(36-3)9-10-19(18)37-4)26(35)23-20(27)21(24(28)33)30-38-23/h5-10,13-14,22,32H,11-12,27H2,1-4H3,(H2,28,33)(H,29,34)/t22-/m1/s1. The van der Waals surface area contributed by atoms with Gasteiger partial charge in [0.1, 0.15) is 28.2 Å². The Kier molecular flexibility index (Phi) is 9.13. The van der Waals surface area contributed by atoms with Gasteiger partial charge in [-0.15, -0.1) is 0 Å². The highest BCUT2D eigenvalue weighted by Crippen LogP contribution is 2.40. The highest BCUT2D eigenvalue weighted by atomic mass is 32.1. The highest BCUT2D eigenvalue weighted by Gasteiger charge is 2.37. The Hall–Kier alpha value is -4.32. The topological polar surface area (TPSA) is 170 Å². The Morgan fingerprint density at radius 2 is 1.79 bits per heavy atom. The number of hydrogen-bond donors (Lipinski definition) is 4. The molecule has 2 aromatic carbocycles.